The van der Waals surface area contributed by atoms with Gasteiger partial charge in [-0.2, -0.15) is 0 Å². The molecule has 4 heteroatoms. The third-order valence-corrected chi connectivity index (χ3v) is 2.58. The highest BCUT2D eigenvalue weighted by molar-refractivity contribution is 9.08. The number of hydrogen-bond acceptors (Lipinski definition) is 2. The molecule has 0 spiro atoms. The van der Waals surface area contributed by atoms with Gasteiger partial charge in [-0.3, -0.25) is 4.98 Å². The van der Waals surface area contributed by atoms with E-state index in [0.717, 1.165) is 22.4 Å². The lowest BCUT2D eigenvalue weighted by Gasteiger charge is -2.05. The Bertz CT molecular complexity index is 416. The van der Waals surface area contributed by atoms with Gasteiger partial charge in [0.2, 0.25) is 0 Å². The number of benzene rings is 1. The zero-order valence-corrected chi connectivity index (χ0v) is 9.16. The van der Waals surface area contributed by atoms with Gasteiger partial charge in [0, 0.05) is 5.33 Å². The van der Waals surface area contributed by atoms with E-state index in [4.69, 9.17) is 7.85 Å². The van der Waals surface area contributed by atoms with Crippen LogP contribution in [0.15, 0.2) is 24.3 Å². The maximum atomic E-state index is 5.59. The molecule has 0 amide bonds. The molecule has 2 radical (unpaired) electrons. The molecule has 0 atom stereocenters. The molecule has 0 saturated carbocycles. The summed E-state index contributed by atoms with van der Waals surface area (Å²) in [5, 5.41) is 0.692. The minimum absolute atomic E-state index is 0.429. The molecule has 2 nitrogen and oxygen atoms in total. The van der Waals surface area contributed by atoms with Crippen LogP contribution in [0.4, 0.5) is 0 Å². The average molecular weight is 247 g/mol. The molecule has 0 aliphatic heterocycles. The van der Waals surface area contributed by atoms with Gasteiger partial charge in [-0.15, -0.1) is 0 Å². The van der Waals surface area contributed by atoms with E-state index in [1.165, 1.54) is 0 Å². The van der Waals surface area contributed by atoms with Crippen LogP contribution in [0.2, 0.25) is 0 Å². The molecule has 1 heterocycles. The summed E-state index contributed by atoms with van der Waals surface area (Å²) in [6.07, 6.45) is 0.429. The van der Waals surface area contributed by atoms with Crippen LogP contribution in [0, 0.1) is 0 Å². The topological polar surface area (TPSA) is 25.8 Å². The summed E-state index contributed by atoms with van der Waals surface area (Å²) in [5.74, 6) is 0. The summed E-state index contributed by atoms with van der Waals surface area (Å²) in [5.41, 5.74) is 3.60. The Labute approximate surface area is 92.3 Å². The highest BCUT2D eigenvalue weighted by Crippen LogP contribution is 2.14. The lowest BCUT2D eigenvalue weighted by Crippen LogP contribution is -2.00. The van der Waals surface area contributed by atoms with Crippen LogP contribution in [0.5, 0.6) is 0 Å². The summed E-state index contributed by atoms with van der Waals surface area (Å²) < 4.78 is 0. The molecule has 0 aliphatic rings. The van der Waals surface area contributed by atoms with Crippen LogP contribution in [-0.2, 0) is 11.7 Å². The second-order valence-electron chi connectivity index (χ2n) is 2.94. The van der Waals surface area contributed by atoms with Crippen LogP contribution in [-0.4, -0.2) is 17.8 Å². The molecule has 1 aromatic carbocycles. The van der Waals surface area contributed by atoms with Crippen molar-refractivity contribution in [2.45, 2.75) is 11.7 Å². The minimum Gasteiger partial charge on any atom is -0.250 e. The van der Waals surface area contributed by atoms with Crippen LogP contribution in [0.3, 0.4) is 0 Å². The van der Waals surface area contributed by atoms with Crippen molar-refractivity contribution in [2.75, 3.05) is 0 Å². The Morgan fingerprint density at radius 2 is 1.64 bits per heavy atom. The molecular formula is C10H8BBrN2. The second kappa shape index (κ2) is 4.09. The van der Waals surface area contributed by atoms with Gasteiger partial charge in [0.1, 0.15) is 0 Å². The Morgan fingerprint density at radius 3 is 2.14 bits per heavy atom. The van der Waals surface area contributed by atoms with Crippen LogP contribution in [0.1, 0.15) is 11.4 Å². The monoisotopic (exact) mass is 246 g/mol. The van der Waals surface area contributed by atoms with E-state index < -0.39 is 0 Å². The van der Waals surface area contributed by atoms with Gasteiger partial charge in [0.25, 0.3) is 0 Å². The van der Waals surface area contributed by atoms with Gasteiger partial charge in [-0.05, 0) is 18.5 Å². The fraction of sp³-hybridized carbons (Fsp3) is 0.200. The van der Waals surface area contributed by atoms with E-state index >= 15 is 0 Å². The third kappa shape index (κ3) is 1.66. The van der Waals surface area contributed by atoms with Crippen molar-refractivity contribution in [3.63, 3.8) is 0 Å². The highest BCUT2D eigenvalue weighted by atomic mass is 79.9. The first-order chi connectivity index (χ1) is 6.85. The van der Waals surface area contributed by atoms with Crippen LogP contribution in [0.25, 0.3) is 11.0 Å². The van der Waals surface area contributed by atoms with Gasteiger partial charge in [-0.1, -0.05) is 28.1 Å². The molecule has 0 aliphatic carbocycles. The van der Waals surface area contributed by atoms with Crippen molar-refractivity contribution >= 4 is 34.8 Å². The Morgan fingerprint density at radius 1 is 1.07 bits per heavy atom. The maximum absolute atomic E-state index is 5.59. The SMILES string of the molecule is [B]Cc1nc2ccccc2nc1CBr. The number of nitrogens with zero attached hydrogens (tertiary/aromatic N) is 2. The van der Waals surface area contributed by atoms with Gasteiger partial charge in [0.05, 0.1) is 30.3 Å². The zero-order chi connectivity index (χ0) is 9.97. The smallest absolute Gasteiger partial charge is 0.0890 e. The van der Waals surface area contributed by atoms with Crippen molar-refractivity contribution in [1.29, 1.82) is 0 Å². The summed E-state index contributed by atoms with van der Waals surface area (Å²) in [6.45, 7) is 0. The lowest BCUT2D eigenvalue weighted by molar-refractivity contribution is 1.07. The molecule has 68 valence electrons. The van der Waals surface area contributed by atoms with Crippen molar-refractivity contribution < 1.29 is 0 Å². The van der Waals surface area contributed by atoms with E-state index in [1.807, 2.05) is 24.3 Å². The molecule has 0 fully saturated rings. The quantitative estimate of drug-likeness (QED) is 0.600. The summed E-state index contributed by atoms with van der Waals surface area (Å²) in [4.78, 5) is 8.92. The first-order valence-electron chi connectivity index (χ1n) is 4.35. The fourth-order valence-electron chi connectivity index (χ4n) is 1.34. The molecule has 0 unspecified atom stereocenters. The Hall–Kier alpha value is -0.895. The predicted octanol–water partition coefficient (Wildman–Crippen LogP) is 2.19. The molecule has 0 saturated heterocycles. The number of para-hydroxylation sites is 2. The number of aromatic nitrogens is 2. The standard InChI is InChI=1S/C10H8BBrN2/c11-5-9-10(6-12)14-8-4-2-1-3-7(8)13-9/h1-4H,5-6H2. The molecule has 2 rings (SSSR count). The summed E-state index contributed by atoms with van der Waals surface area (Å²) in [7, 11) is 5.59. The molecule has 14 heavy (non-hydrogen) atoms. The summed E-state index contributed by atoms with van der Waals surface area (Å²) >= 11 is 3.38. The first kappa shape index (κ1) is 9.65. The maximum Gasteiger partial charge on any atom is 0.0890 e. The van der Waals surface area contributed by atoms with Gasteiger partial charge in [-0.25, -0.2) is 4.98 Å². The van der Waals surface area contributed by atoms with Gasteiger partial charge >= 0.3 is 0 Å². The summed E-state index contributed by atoms with van der Waals surface area (Å²) in [6, 6.07) is 7.80. The zero-order valence-electron chi connectivity index (χ0n) is 7.57. The van der Waals surface area contributed by atoms with Crippen LogP contribution < -0.4 is 0 Å². The van der Waals surface area contributed by atoms with E-state index in [9.17, 15) is 0 Å². The highest BCUT2D eigenvalue weighted by Gasteiger charge is 2.04. The number of rotatable bonds is 2. The van der Waals surface area contributed by atoms with Gasteiger partial charge in [0.15, 0.2) is 0 Å². The number of halogens is 1. The van der Waals surface area contributed by atoms with E-state index in [1.54, 1.807) is 0 Å². The number of alkyl halides is 1. The second-order valence-corrected chi connectivity index (χ2v) is 3.50. The van der Waals surface area contributed by atoms with Crippen molar-refractivity contribution in [1.82, 2.24) is 9.97 Å². The Kier molecular flexibility index (Phi) is 2.82. The van der Waals surface area contributed by atoms with E-state index in [2.05, 4.69) is 25.9 Å². The molecule has 0 bridgehead atoms. The number of hydrogen-bond donors (Lipinski definition) is 0. The molecular weight excluding hydrogens is 239 g/mol. The first-order valence-corrected chi connectivity index (χ1v) is 5.48. The van der Waals surface area contributed by atoms with Crippen molar-refractivity contribution in [3.8, 4) is 0 Å². The van der Waals surface area contributed by atoms with E-state index in [-0.39, 0.29) is 0 Å². The molecule has 0 N–H and O–H groups in total. The fourth-order valence-corrected chi connectivity index (χ4v) is 1.79. The predicted molar refractivity (Wildman–Crippen MR) is 61.6 cm³/mol. The lowest BCUT2D eigenvalue weighted by atomic mass is 10.0. The molecule has 2 aromatic rings. The van der Waals surface area contributed by atoms with Crippen molar-refractivity contribution in [3.05, 3.63) is 35.7 Å². The van der Waals surface area contributed by atoms with Crippen molar-refractivity contribution in [2.24, 2.45) is 0 Å². The average Bonchev–Trinajstić information content (AvgIpc) is 2.27. The Balaban J connectivity index is 2.69. The normalized spacial score (nSPS) is 10.6. The third-order valence-electron chi connectivity index (χ3n) is 2.05. The minimum atomic E-state index is 0.429. The number of fused-ring (bicyclic) bond motifs is 1. The van der Waals surface area contributed by atoms with Crippen LogP contribution >= 0.6 is 15.9 Å². The largest absolute Gasteiger partial charge is 0.250 e. The van der Waals surface area contributed by atoms with E-state index in [0.29, 0.717) is 11.7 Å². The molecule has 1 aromatic heterocycles. The van der Waals surface area contributed by atoms with Gasteiger partial charge < -0.3 is 0 Å².